The molecule has 0 aromatic heterocycles. The zero-order chi connectivity index (χ0) is 13.2. The molecule has 0 fully saturated rings. The highest BCUT2D eigenvalue weighted by molar-refractivity contribution is 5.99. The van der Waals surface area contributed by atoms with Gasteiger partial charge in [-0.3, -0.25) is 4.79 Å². The standard InChI is InChI=1S/C14H20O4/c1-3-16-9-10-17-11-13(15)12-7-5-6-8-14(12)18-4-2/h5-8H,3-4,9-11H2,1-2H3. The summed E-state index contributed by atoms with van der Waals surface area (Å²) in [6.07, 6.45) is 0. The lowest BCUT2D eigenvalue weighted by atomic mass is 10.1. The lowest BCUT2D eigenvalue weighted by Gasteiger charge is -2.09. The van der Waals surface area contributed by atoms with Gasteiger partial charge in [-0.1, -0.05) is 12.1 Å². The van der Waals surface area contributed by atoms with Crippen molar-refractivity contribution in [2.75, 3.05) is 33.0 Å². The van der Waals surface area contributed by atoms with Gasteiger partial charge in [-0.05, 0) is 26.0 Å². The number of carbonyl (C=O) groups is 1. The Morgan fingerprint density at radius 1 is 1.06 bits per heavy atom. The van der Waals surface area contributed by atoms with E-state index in [0.29, 0.717) is 37.7 Å². The Hall–Kier alpha value is -1.39. The van der Waals surface area contributed by atoms with Crippen molar-refractivity contribution < 1.29 is 19.0 Å². The number of hydrogen-bond acceptors (Lipinski definition) is 4. The highest BCUT2D eigenvalue weighted by Gasteiger charge is 2.11. The molecule has 0 unspecified atom stereocenters. The molecule has 100 valence electrons. The highest BCUT2D eigenvalue weighted by atomic mass is 16.5. The molecule has 0 N–H and O–H groups in total. The second kappa shape index (κ2) is 8.66. The Balaban J connectivity index is 2.45. The Labute approximate surface area is 108 Å². The third-order valence-electron chi connectivity index (χ3n) is 2.30. The second-order valence-corrected chi connectivity index (χ2v) is 3.60. The smallest absolute Gasteiger partial charge is 0.192 e. The van der Waals surface area contributed by atoms with Crippen molar-refractivity contribution in [2.45, 2.75) is 13.8 Å². The van der Waals surface area contributed by atoms with Gasteiger partial charge in [0.05, 0.1) is 25.4 Å². The molecule has 0 radical (unpaired) electrons. The van der Waals surface area contributed by atoms with E-state index in [1.165, 1.54) is 0 Å². The first-order chi connectivity index (χ1) is 8.79. The van der Waals surface area contributed by atoms with Gasteiger partial charge in [0.1, 0.15) is 12.4 Å². The number of para-hydroxylation sites is 1. The molecule has 0 amide bonds. The number of benzene rings is 1. The van der Waals surface area contributed by atoms with Crippen LogP contribution >= 0.6 is 0 Å². The number of Topliss-reactive ketones (excluding diaryl/α,β-unsaturated/α-hetero) is 1. The van der Waals surface area contributed by atoms with Gasteiger partial charge in [0.25, 0.3) is 0 Å². The molecule has 0 bridgehead atoms. The van der Waals surface area contributed by atoms with Crippen LogP contribution in [0.4, 0.5) is 0 Å². The molecular weight excluding hydrogens is 232 g/mol. The number of ether oxygens (including phenoxy) is 3. The molecule has 0 heterocycles. The summed E-state index contributed by atoms with van der Waals surface area (Å²) >= 11 is 0. The Bertz CT molecular complexity index is 363. The summed E-state index contributed by atoms with van der Waals surface area (Å²) in [7, 11) is 0. The largest absolute Gasteiger partial charge is 0.493 e. The van der Waals surface area contributed by atoms with E-state index in [1.54, 1.807) is 12.1 Å². The molecule has 1 aromatic carbocycles. The Morgan fingerprint density at radius 3 is 2.50 bits per heavy atom. The van der Waals surface area contributed by atoms with E-state index < -0.39 is 0 Å². The van der Waals surface area contributed by atoms with Gasteiger partial charge >= 0.3 is 0 Å². The van der Waals surface area contributed by atoms with Crippen molar-refractivity contribution in [3.63, 3.8) is 0 Å². The van der Waals surface area contributed by atoms with Crippen molar-refractivity contribution in [2.24, 2.45) is 0 Å². The van der Waals surface area contributed by atoms with Crippen LogP contribution in [0.2, 0.25) is 0 Å². The molecule has 0 aliphatic carbocycles. The third-order valence-corrected chi connectivity index (χ3v) is 2.30. The predicted octanol–water partition coefficient (Wildman–Crippen LogP) is 2.32. The molecule has 1 rings (SSSR count). The van der Waals surface area contributed by atoms with E-state index in [1.807, 2.05) is 26.0 Å². The van der Waals surface area contributed by atoms with Crippen LogP contribution in [0.3, 0.4) is 0 Å². The molecule has 0 aliphatic heterocycles. The first kappa shape index (κ1) is 14.7. The average Bonchev–Trinajstić information content (AvgIpc) is 2.39. The molecule has 18 heavy (non-hydrogen) atoms. The minimum absolute atomic E-state index is 0.0527. The van der Waals surface area contributed by atoms with Gasteiger partial charge in [-0.2, -0.15) is 0 Å². The Kier molecular flexibility index (Phi) is 7.06. The second-order valence-electron chi connectivity index (χ2n) is 3.60. The quantitative estimate of drug-likeness (QED) is 0.500. The summed E-state index contributed by atoms with van der Waals surface area (Å²) in [5.74, 6) is 0.536. The average molecular weight is 252 g/mol. The molecule has 0 aliphatic rings. The van der Waals surface area contributed by atoms with E-state index in [-0.39, 0.29) is 12.4 Å². The van der Waals surface area contributed by atoms with Gasteiger partial charge < -0.3 is 14.2 Å². The fraction of sp³-hybridized carbons (Fsp3) is 0.500. The Morgan fingerprint density at radius 2 is 1.78 bits per heavy atom. The van der Waals surface area contributed by atoms with Crippen molar-refractivity contribution in [3.8, 4) is 5.75 Å². The van der Waals surface area contributed by atoms with E-state index in [0.717, 1.165) is 0 Å². The molecule has 0 saturated carbocycles. The summed E-state index contributed by atoms with van der Waals surface area (Å²) in [5.41, 5.74) is 0.566. The van der Waals surface area contributed by atoms with Crippen molar-refractivity contribution in [1.82, 2.24) is 0 Å². The maximum atomic E-state index is 11.9. The van der Waals surface area contributed by atoms with Gasteiger partial charge in [0, 0.05) is 6.61 Å². The zero-order valence-electron chi connectivity index (χ0n) is 11.0. The lowest BCUT2D eigenvalue weighted by Crippen LogP contribution is -2.13. The summed E-state index contributed by atoms with van der Waals surface area (Å²) in [5, 5.41) is 0. The third kappa shape index (κ3) is 4.85. The maximum Gasteiger partial charge on any atom is 0.192 e. The van der Waals surface area contributed by atoms with Gasteiger partial charge in [-0.15, -0.1) is 0 Å². The van der Waals surface area contributed by atoms with E-state index in [2.05, 4.69) is 0 Å². The van der Waals surface area contributed by atoms with Gasteiger partial charge in [0.2, 0.25) is 0 Å². The van der Waals surface area contributed by atoms with Crippen molar-refractivity contribution in [3.05, 3.63) is 29.8 Å². The molecule has 4 nitrogen and oxygen atoms in total. The van der Waals surface area contributed by atoms with Crippen LogP contribution < -0.4 is 4.74 Å². The fourth-order valence-corrected chi connectivity index (χ4v) is 1.48. The maximum absolute atomic E-state index is 11.9. The van der Waals surface area contributed by atoms with Crippen molar-refractivity contribution >= 4 is 5.78 Å². The first-order valence-corrected chi connectivity index (χ1v) is 6.20. The molecule has 4 heteroatoms. The zero-order valence-corrected chi connectivity index (χ0v) is 11.0. The minimum atomic E-state index is -0.0736. The lowest BCUT2D eigenvalue weighted by molar-refractivity contribution is 0.0473. The number of hydrogen-bond donors (Lipinski definition) is 0. The monoisotopic (exact) mass is 252 g/mol. The van der Waals surface area contributed by atoms with E-state index in [4.69, 9.17) is 14.2 Å². The molecule has 1 aromatic rings. The van der Waals surface area contributed by atoms with Crippen LogP contribution in [-0.4, -0.2) is 38.8 Å². The summed E-state index contributed by atoms with van der Waals surface area (Å²) in [6.45, 7) is 5.99. The van der Waals surface area contributed by atoms with Crippen LogP contribution in [0.1, 0.15) is 24.2 Å². The summed E-state index contributed by atoms with van der Waals surface area (Å²) in [4.78, 5) is 11.9. The molecular formula is C14H20O4. The van der Waals surface area contributed by atoms with Crippen LogP contribution in [0, 0.1) is 0 Å². The highest BCUT2D eigenvalue weighted by Crippen LogP contribution is 2.18. The topological polar surface area (TPSA) is 44.8 Å². The van der Waals surface area contributed by atoms with Crippen molar-refractivity contribution in [1.29, 1.82) is 0 Å². The number of ketones is 1. The predicted molar refractivity (Wildman–Crippen MR) is 69.3 cm³/mol. The summed E-state index contributed by atoms with van der Waals surface area (Å²) in [6, 6.07) is 7.20. The first-order valence-electron chi connectivity index (χ1n) is 6.20. The summed E-state index contributed by atoms with van der Waals surface area (Å²) < 4.78 is 15.8. The normalized spacial score (nSPS) is 10.3. The number of rotatable bonds is 9. The van der Waals surface area contributed by atoms with Crippen LogP contribution in [-0.2, 0) is 9.47 Å². The molecule has 0 atom stereocenters. The van der Waals surface area contributed by atoms with E-state index >= 15 is 0 Å². The SMILES string of the molecule is CCOCCOCC(=O)c1ccccc1OCC. The van der Waals surface area contributed by atoms with Crippen LogP contribution in [0.25, 0.3) is 0 Å². The van der Waals surface area contributed by atoms with Gasteiger partial charge in [-0.25, -0.2) is 0 Å². The molecule has 0 saturated heterocycles. The van der Waals surface area contributed by atoms with E-state index in [9.17, 15) is 4.79 Å². The fourth-order valence-electron chi connectivity index (χ4n) is 1.48. The van der Waals surface area contributed by atoms with Crippen LogP contribution in [0.15, 0.2) is 24.3 Å². The van der Waals surface area contributed by atoms with Gasteiger partial charge in [0.15, 0.2) is 5.78 Å². The number of carbonyl (C=O) groups excluding carboxylic acids is 1. The minimum Gasteiger partial charge on any atom is -0.493 e. The molecule has 0 spiro atoms. The van der Waals surface area contributed by atoms with Crippen LogP contribution in [0.5, 0.6) is 5.75 Å².